The van der Waals surface area contributed by atoms with Gasteiger partial charge in [0, 0.05) is 36.4 Å². The summed E-state index contributed by atoms with van der Waals surface area (Å²) in [6.45, 7) is 3.74. The molecule has 0 unspecified atom stereocenters. The van der Waals surface area contributed by atoms with E-state index in [1.165, 1.54) is 18.4 Å². The van der Waals surface area contributed by atoms with Gasteiger partial charge in [-0.1, -0.05) is 24.3 Å². The normalized spacial score (nSPS) is 15.0. The molecule has 0 amide bonds. The van der Waals surface area contributed by atoms with Crippen LogP contribution >= 0.6 is 0 Å². The Labute approximate surface area is 183 Å². The summed E-state index contributed by atoms with van der Waals surface area (Å²) in [5.41, 5.74) is 5.07. The van der Waals surface area contributed by atoms with Crippen LogP contribution in [0.1, 0.15) is 47.2 Å². The van der Waals surface area contributed by atoms with E-state index in [2.05, 4.69) is 59.3 Å². The molecule has 31 heavy (non-hydrogen) atoms. The number of methoxy groups -OCH3 is 1. The predicted octanol–water partition coefficient (Wildman–Crippen LogP) is 5.53. The van der Waals surface area contributed by atoms with Crippen molar-refractivity contribution in [2.75, 3.05) is 25.2 Å². The van der Waals surface area contributed by atoms with Crippen molar-refractivity contribution >= 4 is 17.3 Å². The molecule has 5 heteroatoms. The van der Waals surface area contributed by atoms with Crippen LogP contribution in [0.4, 0.5) is 11.4 Å². The number of aromatic nitrogens is 1. The summed E-state index contributed by atoms with van der Waals surface area (Å²) in [5.74, 6) is 1.04. The highest BCUT2D eigenvalue weighted by atomic mass is 16.5. The van der Waals surface area contributed by atoms with Crippen molar-refractivity contribution in [1.29, 1.82) is 0 Å². The Morgan fingerprint density at radius 3 is 2.77 bits per heavy atom. The molecule has 0 aliphatic carbocycles. The highest BCUT2D eigenvalue weighted by molar-refractivity contribution is 5.90. The summed E-state index contributed by atoms with van der Waals surface area (Å²) in [4.78, 5) is 18.5. The van der Waals surface area contributed by atoms with E-state index in [0.717, 1.165) is 42.8 Å². The molecule has 0 saturated carbocycles. The van der Waals surface area contributed by atoms with E-state index < -0.39 is 0 Å². The Hall–Kier alpha value is -3.34. The third-order valence-corrected chi connectivity index (χ3v) is 5.93. The van der Waals surface area contributed by atoms with Crippen molar-refractivity contribution in [3.63, 3.8) is 0 Å². The van der Waals surface area contributed by atoms with Crippen LogP contribution in [0.5, 0.6) is 5.75 Å². The molecule has 1 aromatic heterocycles. The second-order valence-electron chi connectivity index (χ2n) is 7.70. The Balaban J connectivity index is 1.54. The molecule has 160 valence electrons. The van der Waals surface area contributed by atoms with E-state index in [1.54, 1.807) is 18.5 Å². The van der Waals surface area contributed by atoms with Crippen LogP contribution in [0.15, 0.2) is 67.0 Å². The third-order valence-electron chi connectivity index (χ3n) is 5.93. The number of esters is 1. The zero-order valence-electron chi connectivity index (χ0n) is 18.1. The minimum absolute atomic E-state index is 0.310. The van der Waals surface area contributed by atoms with Gasteiger partial charge in [0.15, 0.2) is 0 Å². The van der Waals surface area contributed by atoms with Crippen molar-refractivity contribution < 1.29 is 14.3 Å². The summed E-state index contributed by atoms with van der Waals surface area (Å²) >= 11 is 0. The summed E-state index contributed by atoms with van der Waals surface area (Å²) in [7, 11) is 1.41. The molecule has 0 N–H and O–H groups in total. The van der Waals surface area contributed by atoms with Crippen LogP contribution in [-0.2, 0) is 11.2 Å². The number of ether oxygens (including phenoxy) is 2. The Morgan fingerprint density at radius 2 is 2.00 bits per heavy atom. The Morgan fingerprint density at radius 1 is 1.16 bits per heavy atom. The van der Waals surface area contributed by atoms with E-state index in [1.807, 2.05) is 6.07 Å². The van der Waals surface area contributed by atoms with Gasteiger partial charge in [-0.25, -0.2) is 4.79 Å². The van der Waals surface area contributed by atoms with E-state index in [4.69, 9.17) is 9.47 Å². The molecule has 0 saturated heterocycles. The monoisotopic (exact) mass is 416 g/mol. The first kappa shape index (κ1) is 20.9. The number of para-hydroxylation sites is 1. The second kappa shape index (κ2) is 9.65. The zero-order chi connectivity index (χ0) is 21.6. The van der Waals surface area contributed by atoms with Crippen molar-refractivity contribution in [1.82, 2.24) is 4.98 Å². The van der Waals surface area contributed by atoms with Gasteiger partial charge < -0.3 is 14.4 Å². The summed E-state index contributed by atoms with van der Waals surface area (Å²) in [6, 6.07) is 18.7. The van der Waals surface area contributed by atoms with Crippen molar-refractivity contribution in [3.05, 3.63) is 83.7 Å². The minimum Gasteiger partial charge on any atom is -0.493 e. The number of pyridine rings is 1. The average molecular weight is 417 g/mol. The second-order valence-corrected chi connectivity index (χ2v) is 7.70. The maximum absolute atomic E-state index is 12.1. The van der Waals surface area contributed by atoms with Crippen LogP contribution in [0.3, 0.4) is 0 Å². The fourth-order valence-electron chi connectivity index (χ4n) is 4.31. The number of fused-ring (bicyclic) bond motifs is 1. The third kappa shape index (κ3) is 4.55. The van der Waals surface area contributed by atoms with Gasteiger partial charge >= 0.3 is 5.97 Å². The van der Waals surface area contributed by atoms with Gasteiger partial charge in [0.25, 0.3) is 0 Å². The van der Waals surface area contributed by atoms with E-state index in [0.29, 0.717) is 18.1 Å². The Kier molecular flexibility index (Phi) is 6.51. The first-order chi connectivity index (χ1) is 15.2. The smallest absolute Gasteiger partial charge is 0.338 e. The van der Waals surface area contributed by atoms with Crippen LogP contribution < -0.4 is 9.64 Å². The van der Waals surface area contributed by atoms with Crippen molar-refractivity contribution in [2.24, 2.45) is 0 Å². The first-order valence-electron chi connectivity index (χ1n) is 10.8. The highest BCUT2D eigenvalue weighted by Crippen LogP contribution is 2.40. The largest absolute Gasteiger partial charge is 0.493 e. The van der Waals surface area contributed by atoms with E-state index >= 15 is 0 Å². The molecule has 1 aliphatic rings. The van der Waals surface area contributed by atoms with E-state index in [-0.39, 0.29) is 5.97 Å². The predicted molar refractivity (Wildman–Crippen MR) is 122 cm³/mol. The molecular formula is C26H28N2O3. The van der Waals surface area contributed by atoms with Gasteiger partial charge in [0.1, 0.15) is 5.75 Å². The molecule has 2 heterocycles. The lowest BCUT2D eigenvalue weighted by Gasteiger charge is -2.29. The lowest BCUT2D eigenvalue weighted by molar-refractivity contribution is 0.0599. The molecule has 3 aromatic rings. The number of anilines is 2. The van der Waals surface area contributed by atoms with E-state index in [9.17, 15) is 4.79 Å². The van der Waals surface area contributed by atoms with Gasteiger partial charge in [-0.15, -0.1) is 0 Å². The number of benzene rings is 2. The molecule has 0 radical (unpaired) electrons. The first-order valence-corrected chi connectivity index (χ1v) is 10.8. The SMILES string of the molecule is CCN(c1ccccc1)c1ccc2c(c1)OCC[C@H]2CCc1cnccc1C(=O)OC. The maximum atomic E-state index is 12.1. The van der Waals surface area contributed by atoms with Gasteiger partial charge in [0.2, 0.25) is 0 Å². The molecule has 0 spiro atoms. The lowest BCUT2D eigenvalue weighted by atomic mass is 9.87. The summed E-state index contributed by atoms with van der Waals surface area (Å²) in [5, 5.41) is 0. The quantitative estimate of drug-likeness (QED) is 0.474. The van der Waals surface area contributed by atoms with Gasteiger partial charge in [-0.2, -0.15) is 0 Å². The molecule has 4 rings (SSSR count). The molecule has 5 nitrogen and oxygen atoms in total. The molecule has 1 atom stereocenters. The van der Waals surface area contributed by atoms with Crippen molar-refractivity contribution in [2.45, 2.75) is 32.1 Å². The van der Waals surface area contributed by atoms with Crippen molar-refractivity contribution in [3.8, 4) is 5.75 Å². The number of aryl methyl sites for hydroxylation is 1. The van der Waals surface area contributed by atoms with Gasteiger partial charge in [-0.05, 0) is 67.5 Å². The number of hydrogen-bond acceptors (Lipinski definition) is 5. The highest BCUT2D eigenvalue weighted by Gasteiger charge is 2.23. The minimum atomic E-state index is -0.310. The Bertz CT molecular complexity index is 1040. The average Bonchev–Trinajstić information content (AvgIpc) is 2.83. The van der Waals surface area contributed by atoms with Crippen LogP contribution in [0.25, 0.3) is 0 Å². The molecule has 0 bridgehead atoms. The number of hydrogen-bond donors (Lipinski definition) is 0. The van der Waals surface area contributed by atoms with Crippen LogP contribution in [-0.4, -0.2) is 31.2 Å². The maximum Gasteiger partial charge on any atom is 0.338 e. The molecule has 0 fully saturated rings. The fourth-order valence-corrected chi connectivity index (χ4v) is 4.31. The molecule has 2 aromatic carbocycles. The number of carbonyl (C=O) groups excluding carboxylic acids is 1. The molecular weight excluding hydrogens is 388 g/mol. The summed E-state index contributed by atoms with van der Waals surface area (Å²) < 4.78 is 11.0. The topological polar surface area (TPSA) is 51.7 Å². The molecule has 1 aliphatic heterocycles. The van der Waals surface area contributed by atoms with Gasteiger partial charge in [0.05, 0.1) is 19.3 Å². The van der Waals surface area contributed by atoms with Crippen LogP contribution in [0.2, 0.25) is 0 Å². The number of carbonyl (C=O) groups is 1. The van der Waals surface area contributed by atoms with Gasteiger partial charge in [-0.3, -0.25) is 4.98 Å². The zero-order valence-corrected chi connectivity index (χ0v) is 18.1. The number of nitrogens with zero attached hydrogens (tertiary/aromatic N) is 2. The summed E-state index contributed by atoms with van der Waals surface area (Å²) in [6.07, 6.45) is 6.08. The number of rotatable bonds is 7. The van der Waals surface area contributed by atoms with Crippen LogP contribution in [0, 0.1) is 0 Å². The standard InChI is InChI=1S/C26H28N2O3/c1-3-28(21-7-5-4-6-8-21)22-11-12-23-19(14-16-31-25(23)17-22)9-10-20-18-27-15-13-24(20)26(29)30-2/h4-8,11-13,15,17-19H,3,9-10,14,16H2,1-2H3/t19-/m1/s1. The fraction of sp³-hybridized carbons (Fsp3) is 0.308. The lowest BCUT2D eigenvalue weighted by Crippen LogP contribution is -2.19.